The van der Waals surface area contributed by atoms with Crippen LogP contribution in [-0.2, 0) is 6.42 Å². The minimum absolute atomic E-state index is 0.513. The molecule has 0 unspecified atom stereocenters. The van der Waals surface area contributed by atoms with Crippen LogP contribution in [0.4, 0.5) is 14.5 Å². The molecule has 3 heteroatoms. The molecule has 0 aromatic heterocycles. The van der Waals surface area contributed by atoms with E-state index >= 15 is 0 Å². The van der Waals surface area contributed by atoms with Gasteiger partial charge in [0, 0.05) is 18.3 Å². The molecule has 0 bridgehead atoms. The van der Waals surface area contributed by atoms with Crippen LogP contribution in [0.25, 0.3) is 0 Å². The van der Waals surface area contributed by atoms with E-state index in [9.17, 15) is 8.78 Å². The molecular weight excluding hydrogens is 232 g/mol. The first-order valence-corrected chi connectivity index (χ1v) is 5.98. The Morgan fingerprint density at radius 2 is 1.56 bits per heavy atom. The minimum atomic E-state index is -0.513. The molecule has 0 heterocycles. The van der Waals surface area contributed by atoms with Crippen LogP contribution in [0.1, 0.15) is 12.0 Å². The van der Waals surface area contributed by atoms with Crippen LogP contribution in [0, 0.1) is 11.6 Å². The fourth-order valence-electron chi connectivity index (χ4n) is 1.84. The number of rotatable bonds is 5. The quantitative estimate of drug-likeness (QED) is 0.787. The van der Waals surface area contributed by atoms with Crippen molar-refractivity contribution in [3.63, 3.8) is 0 Å². The lowest BCUT2D eigenvalue weighted by molar-refractivity contribution is 0.579. The molecule has 0 aliphatic heterocycles. The summed E-state index contributed by atoms with van der Waals surface area (Å²) in [6.45, 7) is 0.780. The van der Waals surface area contributed by atoms with Gasteiger partial charge in [0.25, 0.3) is 0 Å². The van der Waals surface area contributed by atoms with Gasteiger partial charge in [0.15, 0.2) is 0 Å². The van der Waals surface area contributed by atoms with Crippen molar-refractivity contribution in [2.45, 2.75) is 12.8 Å². The van der Waals surface area contributed by atoms with Crippen molar-refractivity contribution >= 4 is 5.69 Å². The van der Waals surface area contributed by atoms with Crippen molar-refractivity contribution in [2.24, 2.45) is 0 Å². The molecule has 1 N–H and O–H groups in total. The molecule has 0 saturated heterocycles. The smallest absolute Gasteiger partial charge is 0.126 e. The first kappa shape index (κ1) is 12.6. The van der Waals surface area contributed by atoms with Crippen molar-refractivity contribution in [3.05, 3.63) is 65.7 Å². The van der Waals surface area contributed by atoms with E-state index in [1.165, 1.54) is 12.1 Å². The highest BCUT2D eigenvalue weighted by atomic mass is 19.1. The van der Waals surface area contributed by atoms with Crippen molar-refractivity contribution in [2.75, 3.05) is 11.9 Å². The summed E-state index contributed by atoms with van der Waals surface area (Å²) in [5.74, 6) is -1.03. The number of nitrogens with one attached hydrogen (secondary N) is 1. The maximum atomic E-state index is 12.9. The predicted octanol–water partition coefficient (Wildman–Crippen LogP) is 4.01. The lowest BCUT2D eigenvalue weighted by Gasteiger charge is -2.06. The summed E-state index contributed by atoms with van der Waals surface area (Å²) < 4.78 is 25.9. The number of hydrogen-bond donors (Lipinski definition) is 1. The molecule has 0 fully saturated rings. The van der Waals surface area contributed by atoms with Crippen molar-refractivity contribution in [1.82, 2.24) is 0 Å². The van der Waals surface area contributed by atoms with E-state index in [0.717, 1.165) is 24.7 Å². The summed E-state index contributed by atoms with van der Waals surface area (Å²) in [6, 6.07) is 13.5. The zero-order chi connectivity index (χ0) is 12.8. The van der Waals surface area contributed by atoms with E-state index in [1.807, 2.05) is 30.3 Å². The zero-order valence-electron chi connectivity index (χ0n) is 10.00. The first-order valence-electron chi connectivity index (χ1n) is 5.98. The summed E-state index contributed by atoms with van der Waals surface area (Å²) in [5.41, 5.74) is 1.75. The van der Waals surface area contributed by atoms with Crippen LogP contribution >= 0.6 is 0 Å². The number of para-hydroxylation sites is 1. The maximum Gasteiger partial charge on any atom is 0.126 e. The highest BCUT2D eigenvalue weighted by molar-refractivity contribution is 5.42. The van der Waals surface area contributed by atoms with Gasteiger partial charge in [0.2, 0.25) is 0 Å². The van der Waals surface area contributed by atoms with E-state index in [2.05, 4.69) is 5.32 Å². The second-order valence-electron chi connectivity index (χ2n) is 4.17. The minimum Gasteiger partial charge on any atom is -0.385 e. The van der Waals surface area contributed by atoms with Crippen molar-refractivity contribution in [1.29, 1.82) is 0 Å². The lowest BCUT2D eigenvalue weighted by Crippen LogP contribution is -2.03. The fraction of sp³-hybridized carbons (Fsp3) is 0.200. The second-order valence-corrected chi connectivity index (χ2v) is 4.17. The molecule has 18 heavy (non-hydrogen) atoms. The van der Waals surface area contributed by atoms with Crippen LogP contribution < -0.4 is 5.32 Å². The van der Waals surface area contributed by atoms with Crippen molar-refractivity contribution in [3.8, 4) is 0 Å². The molecule has 1 nitrogen and oxygen atoms in total. The van der Waals surface area contributed by atoms with Gasteiger partial charge in [-0.25, -0.2) is 8.78 Å². The van der Waals surface area contributed by atoms with E-state index in [1.54, 1.807) is 0 Å². The van der Waals surface area contributed by atoms with Gasteiger partial charge >= 0.3 is 0 Å². The predicted molar refractivity (Wildman–Crippen MR) is 69.6 cm³/mol. The molecule has 0 saturated carbocycles. The SMILES string of the molecule is Fc1cc(F)cc(CCCNc2ccccc2)c1. The Balaban J connectivity index is 1.78. The number of hydrogen-bond acceptors (Lipinski definition) is 1. The first-order chi connectivity index (χ1) is 8.74. The fourth-order valence-corrected chi connectivity index (χ4v) is 1.84. The van der Waals surface area contributed by atoms with E-state index in [4.69, 9.17) is 0 Å². The second kappa shape index (κ2) is 6.15. The molecule has 2 rings (SSSR count). The molecule has 2 aromatic rings. The summed E-state index contributed by atoms with van der Waals surface area (Å²) in [6.07, 6.45) is 1.49. The van der Waals surface area contributed by atoms with Gasteiger partial charge in [-0.3, -0.25) is 0 Å². The number of aryl methyl sites for hydroxylation is 1. The van der Waals surface area contributed by atoms with Gasteiger partial charge < -0.3 is 5.32 Å². The third-order valence-electron chi connectivity index (χ3n) is 2.67. The third kappa shape index (κ3) is 3.84. The van der Waals surface area contributed by atoms with Gasteiger partial charge in [0.1, 0.15) is 11.6 Å². The Kier molecular flexibility index (Phi) is 4.29. The van der Waals surface area contributed by atoms with Crippen LogP contribution in [-0.4, -0.2) is 6.54 Å². The molecule has 0 spiro atoms. The molecule has 0 radical (unpaired) electrons. The molecular formula is C15H15F2N. The molecule has 0 amide bonds. The highest BCUT2D eigenvalue weighted by Crippen LogP contribution is 2.10. The Morgan fingerprint density at radius 3 is 2.22 bits per heavy atom. The van der Waals surface area contributed by atoms with Gasteiger partial charge in [-0.05, 0) is 42.7 Å². The molecule has 0 aliphatic rings. The average Bonchev–Trinajstić information content (AvgIpc) is 2.35. The lowest BCUT2D eigenvalue weighted by atomic mass is 10.1. The van der Waals surface area contributed by atoms with E-state index in [0.29, 0.717) is 12.0 Å². The van der Waals surface area contributed by atoms with E-state index < -0.39 is 11.6 Å². The van der Waals surface area contributed by atoms with Gasteiger partial charge in [-0.1, -0.05) is 18.2 Å². The van der Waals surface area contributed by atoms with Gasteiger partial charge in [0.05, 0.1) is 0 Å². The van der Waals surface area contributed by atoms with Crippen molar-refractivity contribution < 1.29 is 8.78 Å². The number of benzene rings is 2. The van der Waals surface area contributed by atoms with Crippen LogP contribution in [0.15, 0.2) is 48.5 Å². The zero-order valence-corrected chi connectivity index (χ0v) is 10.00. The Morgan fingerprint density at radius 1 is 0.889 bits per heavy atom. The summed E-state index contributed by atoms with van der Waals surface area (Å²) in [5, 5.41) is 3.26. The van der Waals surface area contributed by atoms with Gasteiger partial charge in [-0.2, -0.15) is 0 Å². The topological polar surface area (TPSA) is 12.0 Å². The third-order valence-corrected chi connectivity index (χ3v) is 2.67. The number of halogens is 2. The van der Waals surface area contributed by atoms with Gasteiger partial charge in [-0.15, -0.1) is 0 Å². The number of anilines is 1. The van der Waals surface area contributed by atoms with Crippen LogP contribution in [0.2, 0.25) is 0 Å². The molecule has 0 atom stereocenters. The summed E-state index contributed by atoms with van der Waals surface area (Å²) in [4.78, 5) is 0. The van der Waals surface area contributed by atoms with Crippen LogP contribution in [0.3, 0.4) is 0 Å². The van der Waals surface area contributed by atoms with Crippen LogP contribution in [0.5, 0.6) is 0 Å². The maximum absolute atomic E-state index is 12.9. The normalized spacial score (nSPS) is 10.3. The summed E-state index contributed by atoms with van der Waals surface area (Å²) >= 11 is 0. The monoisotopic (exact) mass is 247 g/mol. The average molecular weight is 247 g/mol. The van der Waals surface area contributed by atoms with E-state index in [-0.39, 0.29) is 0 Å². The molecule has 94 valence electrons. The molecule has 0 aliphatic carbocycles. The standard InChI is InChI=1S/C15H15F2N/c16-13-9-12(10-14(17)11-13)5-4-8-18-15-6-2-1-3-7-15/h1-3,6-7,9-11,18H,4-5,8H2. The Bertz CT molecular complexity index is 477. The highest BCUT2D eigenvalue weighted by Gasteiger charge is 2.00. The largest absolute Gasteiger partial charge is 0.385 e. The Hall–Kier alpha value is -1.90. The summed E-state index contributed by atoms with van der Waals surface area (Å²) in [7, 11) is 0. The molecule has 2 aromatic carbocycles. The Labute approximate surface area is 105 Å².